The zero-order valence-corrected chi connectivity index (χ0v) is 14.0. The Hall–Kier alpha value is -1.83. The van der Waals surface area contributed by atoms with Gasteiger partial charge in [-0.1, -0.05) is 19.9 Å². The molecule has 0 radical (unpaired) electrons. The first-order valence-electron chi connectivity index (χ1n) is 7.72. The zero-order chi connectivity index (χ0) is 16.7. The van der Waals surface area contributed by atoms with E-state index in [1.54, 1.807) is 11.0 Å². The molecule has 120 valence electrons. The number of hydrogen-bond acceptors (Lipinski definition) is 4. The molecule has 2 rings (SSSR count). The number of Topliss-reactive ketones (excluding diaryl/α,β-unsaturated/α-hetero) is 1. The van der Waals surface area contributed by atoms with E-state index in [9.17, 15) is 9.59 Å². The van der Waals surface area contributed by atoms with Crippen molar-refractivity contribution in [2.24, 2.45) is 17.3 Å². The van der Waals surface area contributed by atoms with Crippen LogP contribution in [0.4, 0.5) is 4.79 Å². The zero-order valence-electron chi connectivity index (χ0n) is 14.0. The third kappa shape index (κ3) is 3.01. The highest BCUT2D eigenvalue weighted by atomic mass is 16.6. The van der Waals surface area contributed by atoms with Crippen LogP contribution in [0, 0.1) is 28.6 Å². The molecule has 1 fully saturated rings. The minimum absolute atomic E-state index is 0.0734. The van der Waals surface area contributed by atoms with Crippen LogP contribution in [0.2, 0.25) is 0 Å². The number of amides is 1. The Morgan fingerprint density at radius 1 is 1.50 bits per heavy atom. The topological polar surface area (TPSA) is 70.4 Å². The van der Waals surface area contributed by atoms with Gasteiger partial charge in [-0.3, -0.25) is 4.79 Å². The molecule has 2 aliphatic rings. The molecule has 1 amide bonds. The van der Waals surface area contributed by atoms with Gasteiger partial charge >= 0.3 is 6.09 Å². The molecule has 0 N–H and O–H groups in total. The van der Waals surface area contributed by atoms with Gasteiger partial charge in [0, 0.05) is 24.4 Å². The SMILES string of the molecule is C[C@@H]1C(=O)C(C#N)=CC2(C)CN(C(=O)OC(C)(C)C)CC[C@@H]12. The van der Waals surface area contributed by atoms with E-state index in [4.69, 9.17) is 10.00 Å². The Balaban J connectivity index is 2.24. The molecule has 0 aromatic carbocycles. The molecule has 0 spiro atoms. The molecular weight excluding hydrogens is 280 g/mol. The summed E-state index contributed by atoms with van der Waals surface area (Å²) in [5.41, 5.74) is -0.663. The summed E-state index contributed by atoms with van der Waals surface area (Å²) in [6.07, 6.45) is 2.18. The molecule has 1 aliphatic carbocycles. The van der Waals surface area contributed by atoms with Gasteiger partial charge in [0.1, 0.15) is 11.7 Å². The van der Waals surface area contributed by atoms with Crippen LogP contribution in [-0.2, 0) is 9.53 Å². The Morgan fingerprint density at radius 3 is 2.68 bits per heavy atom. The van der Waals surface area contributed by atoms with Crippen LogP contribution in [0.5, 0.6) is 0 Å². The molecule has 5 heteroatoms. The molecule has 0 aromatic heterocycles. The molecule has 0 aromatic rings. The Bertz CT molecular complexity index is 567. The highest BCUT2D eigenvalue weighted by Crippen LogP contribution is 2.46. The fourth-order valence-electron chi connectivity index (χ4n) is 3.60. The number of carbonyl (C=O) groups is 2. The Kier molecular flexibility index (Phi) is 4.08. The minimum Gasteiger partial charge on any atom is -0.444 e. The van der Waals surface area contributed by atoms with Crippen LogP contribution in [0.3, 0.4) is 0 Å². The van der Waals surface area contributed by atoms with Gasteiger partial charge in [0.15, 0.2) is 5.78 Å². The third-order valence-electron chi connectivity index (χ3n) is 4.62. The van der Waals surface area contributed by atoms with Crippen molar-refractivity contribution in [1.29, 1.82) is 5.26 Å². The molecule has 3 atom stereocenters. The highest BCUT2D eigenvalue weighted by molar-refractivity contribution is 6.01. The maximum atomic E-state index is 12.3. The summed E-state index contributed by atoms with van der Waals surface area (Å²) in [5.74, 6) is -0.0862. The average molecular weight is 304 g/mol. The van der Waals surface area contributed by atoms with Crippen LogP contribution >= 0.6 is 0 Å². The van der Waals surface area contributed by atoms with Gasteiger partial charge in [-0.25, -0.2) is 4.79 Å². The van der Waals surface area contributed by atoms with Crippen LogP contribution in [-0.4, -0.2) is 35.5 Å². The lowest BCUT2D eigenvalue weighted by molar-refractivity contribution is -0.123. The third-order valence-corrected chi connectivity index (χ3v) is 4.62. The summed E-state index contributed by atoms with van der Waals surface area (Å²) in [7, 11) is 0. The first kappa shape index (κ1) is 16.5. The molecule has 22 heavy (non-hydrogen) atoms. The molecule has 5 nitrogen and oxygen atoms in total. The second-order valence-electron chi connectivity index (χ2n) is 7.63. The van der Waals surface area contributed by atoms with Crippen molar-refractivity contribution in [2.45, 2.75) is 46.6 Å². The number of fused-ring (bicyclic) bond motifs is 1. The van der Waals surface area contributed by atoms with E-state index in [0.717, 1.165) is 6.42 Å². The standard InChI is InChI=1S/C17H24N2O3/c1-11-13-6-7-19(15(21)22-16(2,3)4)10-17(13,5)8-12(9-18)14(11)20/h8,11,13H,6-7,10H2,1-5H3/t11-,13-,17?/m0/s1. The summed E-state index contributed by atoms with van der Waals surface area (Å²) in [6, 6.07) is 2.00. The predicted molar refractivity (Wildman–Crippen MR) is 81.9 cm³/mol. The fraction of sp³-hybridized carbons (Fsp3) is 0.706. The maximum Gasteiger partial charge on any atom is 0.410 e. The number of allylic oxidation sites excluding steroid dienone is 1. The van der Waals surface area contributed by atoms with Crippen LogP contribution in [0.15, 0.2) is 11.6 Å². The van der Waals surface area contributed by atoms with E-state index < -0.39 is 5.60 Å². The van der Waals surface area contributed by atoms with Gasteiger partial charge in [0.2, 0.25) is 0 Å². The van der Waals surface area contributed by atoms with Crippen molar-refractivity contribution in [3.05, 3.63) is 11.6 Å². The normalized spacial score (nSPS) is 31.9. The summed E-state index contributed by atoms with van der Waals surface area (Å²) in [5, 5.41) is 9.17. The maximum absolute atomic E-state index is 12.3. The number of piperidine rings is 1. The lowest BCUT2D eigenvalue weighted by Gasteiger charge is -2.48. The molecule has 1 unspecified atom stereocenters. The minimum atomic E-state index is -0.529. The molecule has 1 heterocycles. The first-order chi connectivity index (χ1) is 10.1. The number of nitriles is 1. The Morgan fingerprint density at radius 2 is 2.14 bits per heavy atom. The quantitative estimate of drug-likeness (QED) is 0.690. The number of nitrogens with zero attached hydrogens (tertiary/aromatic N) is 2. The van der Waals surface area contributed by atoms with Crippen LogP contribution < -0.4 is 0 Å². The summed E-state index contributed by atoms with van der Waals surface area (Å²) in [6.45, 7) is 10.5. The number of likely N-dealkylation sites (tertiary alicyclic amines) is 1. The smallest absolute Gasteiger partial charge is 0.410 e. The Labute approximate surface area is 131 Å². The van der Waals surface area contributed by atoms with Crippen LogP contribution in [0.1, 0.15) is 41.0 Å². The van der Waals surface area contributed by atoms with Gasteiger partial charge in [-0.2, -0.15) is 5.26 Å². The van der Waals surface area contributed by atoms with Gasteiger partial charge in [-0.15, -0.1) is 0 Å². The highest BCUT2D eigenvalue weighted by Gasteiger charge is 2.48. The summed E-state index contributed by atoms with van der Waals surface area (Å²) >= 11 is 0. The number of ether oxygens (including phenoxy) is 1. The van der Waals surface area contributed by atoms with E-state index in [0.29, 0.717) is 13.1 Å². The van der Waals surface area contributed by atoms with Gasteiger partial charge in [0.05, 0.1) is 5.57 Å². The van der Waals surface area contributed by atoms with Gasteiger partial charge < -0.3 is 9.64 Å². The van der Waals surface area contributed by atoms with Gasteiger partial charge in [-0.05, 0) is 33.1 Å². The summed E-state index contributed by atoms with van der Waals surface area (Å²) in [4.78, 5) is 26.1. The summed E-state index contributed by atoms with van der Waals surface area (Å²) < 4.78 is 5.44. The van der Waals surface area contributed by atoms with Crippen molar-refractivity contribution in [3.8, 4) is 6.07 Å². The number of carbonyl (C=O) groups excluding carboxylic acids is 2. The van der Waals surface area contributed by atoms with Crippen molar-refractivity contribution in [3.63, 3.8) is 0 Å². The van der Waals surface area contributed by atoms with Crippen molar-refractivity contribution in [1.82, 2.24) is 4.90 Å². The molecular formula is C17H24N2O3. The van der Waals surface area contributed by atoms with E-state index in [1.165, 1.54) is 0 Å². The van der Waals surface area contributed by atoms with E-state index in [2.05, 4.69) is 0 Å². The second kappa shape index (κ2) is 5.42. The van der Waals surface area contributed by atoms with Crippen molar-refractivity contribution < 1.29 is 14.3 Å². The molecule has 1 saturated heterocycles. The number of rotatable bonds is 0. The number of ketones is 1. The lowest BCUT2D eigenvalue weighted by Crippen LogP contribution is -2.54. The lowest BCUT2D eigenvalue weighted by atomic mass is 9.61. The van der Waals surface area contributed by atoms with Crippen molar-refractivity contribution >= 4 is 11.9 Å². The number of hydrogen-bond donors (Lipinski definition) is 0. The molecule has 0 bridgehead atoms. The largest absolute Gasteiger partial charge is 0.444 e. The molecule has 1 aliphatic heterocycles. The average Bonchev–Trinajstić information content (AvgIpc) is 2.40. The predicted octanol–water partition coefficient (Wildman–Crippen LogP) is 2.92. The molecule has 0 saturated carbocycles. The monoisotopic (exact) mass is 304 g/mol. The van der Waals surface area contributed by atoms with Gasteiger partial charge in [0.25, 0.3) is 0 Å². The van der Waals surface area contributed by atoms with Crippen LogP contribution in [0.25, 0.3) is 0 Å². The second-order valence-corrected chi connectivity index (χ2v) is 7.63. The fourth-order valence-corrected chi connectivity index (χ4v) is 3.60. The first-order valence-corrected chi connectivity index (χ1v) is 7.72. The van der Waals surface area contributed by atoms with E-state index in [1.807, 2.05) is 40.7 Å². The van der Waals surface area contributed by atoms with Crippen molar-refractivity contribution in [2.75, 3.05) is 13.1 Å². The van der Waals surface area contributed by atoms with E-state index in [-0.39, 0.29) is 34.7 Å². The van der Waals surface area contributed by atoms with E-state index >= 15 is 0 Å².